The molecule has 0 amide bonds. The molecule has 0 spiro atoms. The van der Waals surface area contributed by atoms with Crippen molar-refractivity contribution in [2.24, 2.45) is 5.92 Å². The lowest BCUT2D eigenvalue weighted by atomic mass is 9.92. The SMILES string of the molecule is C=C(CC(C)C#N)OC1CCCc2c(C(F)(F)F)nn(-c3ccc(P)c(OCc4ccc5c(c4)OC(C)(C)O5)c3)c21. The zero-order valence-corrected chi connectivity index (χ0v) is 24.2. The number of aromatic nitrogens is 2. The summed E-state index contributed by atoms with van der Waals surface area (Å²) in [5, 5.41) is 13.9. The molecule has 216 valence electrons. The number of fused-ring (bicyclic) bond motifs is 2. The third-order valence-electron chi connectivity index (χ3n) is 6.91. The lowest BCUT2D eigenvalue weighted by molar-refractivity contribution is -0.142. The van der Waals surface area contributed by atoms with Gasteiger partial charge in [-0.2, -0.15) is 23.5 Å². The van der Waals surface area contributed by atoms with Gasteiger partial charge in [0.15, 0.2) is 17.2 Å². The molecule has 0 bridgehead atoms. The number of hydrogen-bond donors (Lipinski definition) is 0. The number of benzene rings is 2. The quantitative estimate of drug-likeness (QED) is 0.211. The monoisotopic (exact) mass is 585 g/mol. The Hall–Kier alpha value is -3.70. The fraction of sp³-hybridized carbons (Fsp3) is 0.400. The maximum Gasteiger partial charge on any atom is 0.435 e. The lowest BCUT2D eigenvalue weighted by Gasteiger charge is -2.27. The Morgan fingerprint density at radius 3 is 2.73 bits per heavy atom. The number of allylic oxidation sites excluding steroid dienone is 1. The van der Waals surface area contributed by atoms with E-state index in [0.717, 1.165) is 10.9 Å². The van der Waals surface area contributed by atoms with Crippen LogP contribution in [0.4, 0.5) is 13.2 Å². The number of nitriles is 1. The summed E-state index contributed by atoms with van der Waals surface area (Å²) in [4.78, 5) is 0. The summed E-state index contributed by atoms with van der Waals surface area (Å²) in [7, 11) is 2.59. The molecule has 41 heavy (non-hydrogen) atoms. The van der Waals surface area contributed by atoms with E-state index in [9.17, 15) is 13.2 Å². The molecule has 2 heterocycles. The first-order valence-electron chi connectivity index (χ1n) is 13.3. The normalized spacial score (nSPS) is 17.9. The zero-order valence-electron chi connectivity index (χ0n) is 23.0. The fourth-order valence-corrected chi connectivity index (χ4v) is 5.38. The first kappa shape index (κ1) is 28.8. The molecule has 0 saturated carbocycles. The number of nitrogens with zero attached hydrogens (tertiary/aromatic N) is 3. The van der Waals surface area contributed by atoms with Crippen LogP contribution in [0.25, 0.3) is 5.69 Å². The summed E-state index contributed by atoms with van der Waals surface area (Å²) >= 11 is 0. The van der Waals surface area contributed by atoms with Gasteiger partial charge in [0.2, 0.25) is 5.79 Å². The van der Waals surface area contributed by atoms with E-state index in [1.165, 1.54) is 4.68 Å². The van der Waals surface area contributed by atoms with Crippen molar-refractivity contribution in [1.82, 2.24) is 9.78 Å². The van der Waals surface area contributed by atoms with Gasteiger partial charge in [-0.25, -0.2) is 4.68 Å². The van der Waals surface area contributed by atoms with Crippen LogP contribution in [-0.2, 0) is 23.9 Å². The van der Waals surface area contributed by atoms with Crippen molar-refractivity contribution >= 4 is 14.5 Å². The van der Waals surface area contributed by atoms with E-state index < -0.39 is 23.8 Å². The molecule has 0 radical (unpaired) electrons. The third-order valence-corrected chi connectivity index (χ3v) is 7.39. The molecular formula is C30H31F3N3O4P. The highest BCUT2D eigenvalue weighted by Gasteiger charge is 2.42. The Morgan fingerprint density at radius 2 is 2.00 bits per heavy atom. The maximum absolute atomic E-state index is 14.1. The number of rotatable bonds is 8. The van der Waals surface area contributed by atoms with Crippen molar-refractivity contribution in [2.45, 2.75) is 71.1 Å². The smallest absolute Gasteiger partial charge is 0.435 e. The second-order valence-electron chi connectivity index (χ2n) is 10.8. The molecule has 0 saturated heterocycles. The number of alkyl halides is 3. The first-order valence-corrected chi connectivity index (χ1v) is 13.9. The minimum atomic E-state index is -4.63. The van der Waals surface area contributed by atoms with Crippen molar-refractivity contribution in [3.8, 4) is 29.0 Å². The predicted octanol–water partition coefficient (Wildman–Crippen LogP) is 6.94. The van der Waals surface area contributed by atoms with Crippen LogP contribution in [-0.4, -0.2) is 15.6 Å². The number of hydrogen-bond acceptors (Lipinski definition) is 6. The molecule has 0 N–H and O–H groups in total. The van der Waals surface area contributed by atoms with E-state index in [1.807, 2.05) is 32.0 Å². The van der Waals surface area contributed by atoms with Gasteiger partial charge in [-0.3, -0.25) is 0 Å². The van der Waals surface area contributed by atoms with Crippen LogP contribution in [0.3, 0.4) is 0 Å². The van der Waals surface area contributed by atoms with Crippen LogP contribution in [0, 0.1) is 17.2 Å². The van der Waals surface area contributed by atoms with E-state index in [4.69, 9.17) is 24.2 Å². The minimum Gasteiger partial charge on any atom is -0.489 e. The topological polar surface area (TPSA) is 78.5 Å². The molecule has 1 aromatic heterocycles. The second kappa shape index (κ2) is 10.9. The average Bonchev–Trinajstić information content (AvgIpc) is 3.45. The molecule has 11 heteroatoms. The molecular weight excluding hydrogens is 554 g/mol. The average molecular weight is 586 g/mol. The van der Waals surface area contributed by atoms with Crippen LogP contribution >= 0.6 is 9.24 Å². The molecule has 0 fully saturated rings. The molecule has 5 rings (SSSR count). The van der Waals surface area contributed by atoms with Crippen LogP contribution in [0.2, 0.25) is 0 Å². The Kier molecular flexibility index (Phi) is 7.69. The summed E-state index contributed by atoms with van der Waals surface area (Å²) in [5.74, 6) is 1.03. The summed E-state index contributed by atoms with van der Waals surface area (Å²) in [6.07, 6.45) is -3.77. The van der Waals surface area contributed by atoms with Crippen LogP contribution in [0.15, 0.2) is 48.7 Å². The second-order valence-corrected chi connectivity index (χ2v) is 11.4. The molecule has 3 unspecified atom stereocenters. The van der Waals surface area contributed by atoms with E-state index in [1.54, 1.807) is 25.1 Å². The van der Waals surface area contributed by atoms with Crippen molar-refractivity contribution in [3.63, 3.8) is 0 Å². The molecule has 2 aromatic carbocycles. The third kappa shape index (κ3) is 6.15. The summed E-state index contributed by atoms with van der Waals surface area (Å²) < 4.78 is 67.3. The van der Waals surface area contributed by atoms with Gasteiger partial charge in [0.05, 0.1) is 29.1 Å². The van der Waals surface area contributed by atoms with Gasteiger partial charge in [-0.1, -0.05) is 12.6 Å². The summed E-state index contributed by atoms with van der Waals surface area (Å²) in [6, 6.07) is 12.8. The largest absolute Gasteiger partial charge is 0.489 e. The van der Waals surface area contributed by atoms with Gasteiger partial charge in [-0.15, -0.1) is 9.24 Å². The molecule has 1 aliphatic carbocycles. The highest BCUT2D eigenvalue weighted by atomic mass is 31.0. The summed E-state index contributed by atoms with van der Waals surface area (Å²) in [6.45, 7) is 9.50. The van der Waals surface area contributed by atoms with E-state index >= 15 is 0 Å². The van der Waals surface area contributed by atoms with Gasteiger partial charge < -0.3 is 18.9 Å². The van der Waals surface area contributed by atoms with Crippen molar-refractivity contribution in [2.75, 3.05) is 0 Å². The predicted molar refractivity (Wildman–Crippen MR) is 149 cm³/mol. The molecule has 3 atom stereocenters. The van der Waals surface area contributed by atoms with E-state index in [0.29, 0.717) is 53.7 Å². The Morgan fingerprint density at radius 1 is 1.24 bits per heavy atom. The lowest BCUT2D eigenvalue weighted by Crippen LogP contribution is -2.29. The Balaban J connectivity index is 1.45. The van der Waals surface area contributed by atoms with E-state index in [-0.39, 0.29) is 24.5 Å². The molecule has 1 aliphatic heterocycles. The summed E-state index contributed by atoms with van der Waals surface area (Å²) in [5.41, 5.74) is 0.800. The standard InChI is InChI=1S/C30H31F3N3O4P/c1-17(15-34)12-18(2)38-23-7-5-6-21-27(23)36(35-28(21)30(31,32)33)20-9-11-26(41)25(14-20)37-16-19-8-10-22-24(13-19)40-29(3,4)39-22/h8-11,13-14,17,23H,2,5-7,12,16,41H2,1,3-4H3. The van der Waals surface area contributed by atoms with Gasteiger partial charge in [0.1, 0.15) is 18.5 Å². The Bertz CT molecular complexity index is 1530. The van der Waals surface area contributed by atoms with Crippen molar-refractivity contribution < 1.29 is 32.1 Å². The minimum absolute atomic E-state index is 0.121. The van der Waals surface area contributed by atoms with Gasteiger partial charge >= 0.3 is 6.18 Å². The zero-order chi connectivity index (χ0) is 29.5. The number of ether oxygens (including phenoxy) is 4. The maximum atomic E-state index is 14.1. The van der Waals surface area contributed by atoms with Gasteiger partial charge in [-0.05, 0) is 56.0 Å². The van der Waals surface area contributed by atoms with Crippen LogP contribution in [0.5, 0.6) is 17.2 Å². The van der Waals surface area contributed by atoms with Crippen molar-refractivity contribution in [3.05, 3.63) is 71.3 Å². The molecule has 3 aromatic rings. The van der Waals surface area contributed by atoms with Gasteiger partial charge in [0, 0.05) is 37.2 Å². The van der Waals surface area contributed by atoms with Crippen molar-refractivity contribution in [1.29, 1.82) is 5.26 Å². The highest BCUT2D eigenvalue weighted by molar-refractivity contribution is 7.27. The Labute approximate surface area is 239 Å². The van der Waals surface area contributed by atoms with Gasteiger partial charge in [0.25, 0.3) is 0 Å². The van der Waals surface area contributed by atoms with Crippen LogP contribution in [0.1, 0.15) is 68.7 Å². The first-order chi connectivity index (χ1) is 19.3. The number of halogens is 3. The fourth-order valence-electron chi connectivity index (χ4n) is 5.11. The van der Waals surface area contributed by atoms with Crippen LogP contribution < -0.4 is 19.5 Å². The van der Waals surface area contributed by atoms with E-state index in [2.05, 4.69) is 27.0 Å². The molecule has 7 nitrogen and oxygen atoms in total. The highest BCUT2D eigenvalue weighted by Crippen LogP contribution is 2.43. The molecule has 2 aliphatic rings.